The second-order valence-corrected chi connectivity index (χ2v) is 8.07. The fraction of sp³-hybridized carbons (Fsp3) is 0.400. The molecule has 0 radical (unpaired) electrons. The number of rotatable bonds is 3. The molecule has 0 saturated carbocycles. The summed E-state index contributed by atoms with van der Waals surface area (Å²) < 4.78 is 27.9. The zero-order valence-electron chi connectivity index (χ0n) is 16.3. The summed E-state index contributed by atoms with van der Waals surface area (Å²) in [6, 6.07) is 8.61. The molecule has 1 aliphatic rings. The van der Waals surface area contributed by atoms with Gasteiger partial charge in [0.2, 0.25) is 0 Å². The van der Waals surface area contributed by atoms with E-state index in [2.05, 4.69) is 9.97 Å². The Morgan fingerprint density at radius 2 is 1.81 bits per heavy atom. The fourth-order valence-electron chi connectivity index (χ4n) is 3.26. The van der Waals surface area contributed by atoms with Gasteiger partial charge in [-0.3, -0.25) is 0 Å². The fourth-order valence-corrected chi connectivity index (χ4v) is 3.26. The Balaban J connectivity index is 1.72. The Bertz CT molecular complexity index is 1000. The van der Waals surface area contributed by atoms with E-state index in [4.69, 9.17) is 9.31 Å². The van der Waals surface area contributed by atoms with Crippen LogP contribution in [0, 0.1) is 12.7 Å². The maximum atomic E-state index is 13.6. The highest BCUT2D eigenvalue weighted by Crippen LogP contribution is 2.36. The van der Waals surface area contributed by atoms with Crippen LogP contribution in [0.15, 0.2) is 36.5 Å². The lowest BCUT2D eigenvalue weighted by molar-refractivity contribution is 0.00578. The van der Waals surface area contributed by atoms with Crippen LogP contribution >= 0.6 is 0 Å². The predicted octanol–water partition coefficient (Wildman–Crippen LogP) is 3.23. The molecule has 1 aromatic carbocycles. The molecule has 5 nitrogen and oxygen atoms in total. The van der Waals surface area contributed by atoms with Gasteiger partial charge in [-0.25, -0.2) is 14.4 Å². The number of imidazole rings is 1. The van der Waals surface area contributed by atoms with Crippen molar-refractivity contribution in [1.82, 2.24) is 14.5 Å². The number of halogens is 1. The van der Waals surface area contributed by atoms with Crippen molar-refractivity contribution in [2.45, 2.75) is 52.4 Å². The van der Waals surface area contributed by atoms with Crippen LogP contribution in [0.4, 0.5) is 4.39 Å². The molecule has 140 valence electrons. The first kappa shape index (κ1) is 18.1. The number of hydrogen-bond acceptors (Lipinski definition) is 4. The highest BCUT2D eigenvalue weighted by Gasteiger charge is 2.51. The molecule has 3 heterocycles. The molecule has 0 N–H and O–H groups in total. The minimum Gasteiger partial charge on any atom is -0.399 e. The zero-order chi connectivity index (χ0) is 19.4. The third kappa shape index (κ3) is 3.15. The van der Waals surface area contributed by atoms with E-state index in [1.165, 1.54) is 12.1 Å². The van der Waals surface area contributed by atoms with E-state index in [-0.39, 0.29) is 5.82 Å². The summed E-state index contributed by atoms with van der Waals surface area (Å²) in [6.45, 7) is 10.5. The van der Waals surface area contributed by atoms with Gasteiger partial charge in [0, 0.05) is 18.2 Å². The van der Waals surface area contributed by atoms with Crippen molar-refractivity contribution in [3.8, 4) is 0 Å². The molecule has 4 rings (SSSR count). The van der Waals surface area contributed by atoms with E-state index in [9.17, 15) is 4.39 Å². The smallest absolute Gasteiger partial charge is 0.399 e. The maximum Gasteiger partial charge on any atom is 0.496 e. The van der Waals surface area contributed by atoms with E-state index in [1.807, 2.05) is 51.3 Å². The van der Waals surface area contributed by atoms with E-state index < -0.39 is 18.3 Å². The number of pyridine rings is 1. The van der Waals surface area contributed by atoms with Crippen LogP contribution in [-0.4, -0.2) is 32.9 Å². The van der Waals surface area contributed by atoms with Crippen molar-refractivity contribution in [2.75, 3.05) is 0 Å². The average Bonchev–Trinajstić information content (AvgIpc) is 3.00. The number of aromatic nitrogens is 3. The lowest BCUT2D eigenvalue weighted by Crippen LogP contribution is -2.41. The van der Waals surface area contributed by atoms with Gasteiger partial charge in [-0.15, -0.1) is 0 Å². The Morgan fingerprint density at radius 3 is 2.48 bits per heavy atom. The minimum atomic E-state index is -0.482. The molecule has 0 atom stereocenters. The minimum absolute atomic E-state index is 0.245. The molecule has 0 unspecified atom stereocenters. The van der Waals surface area contributed by atoms with Crippen LogP contribution in [0.2, 0.25) is 0 Å². The summed E-state index contributed by atoms with van der Waals surface area (Å²) in [4.78, 5) is 9.03. The third-order valence-corrected chi connectivity index (χ3v) is 5.57. The standard InChI is InChI=1S/C20H23BFN3O2/c1-13-24-18-17(25(13)12-14-7-6-8-16(22)9-14)10-15(11-23-18)21-26-19(2,3)20(4,5)27-21/h6-11H,12H2,1-5H3. The monoisotopic (exact) mass is 367 g/mol. The number of benzene rings is 1. The van der Waals surface area contributed by atoms with E-state index in [0.717, 1.165) is 22.4 Å². The first-order valence-electron chi connectivity index (χ1n) is 9.09. The van der Waals surface area contributed by atoms with E-state index in [1.54, 1.807) is 12.3 Å². The first-order valence-corrected chi connectivity index (χ1v) is 9.09. The molecule has 7 heteroatoms. The molecule has 0 spiro atoms. The third-order valence-electron chi connectivity index (χ3n) is 5.57. The first-order chi connectivity index (χ1) is 12.7. The molecule has 0 aliphatic carbocycles. The lowest BCUT2D eigenvalue weighted by Gasteiger charge is -2.32. The SMILES string of the molecule is Cc1nc2ncc(B3OC(C)(C)C(C)(C)O3)cc2n1Cc1cccc(F)c1. The molecular weight excluding hydrogens is 344 g/mol. The van der Waals surface area contributed by atoms with Gasteiger partial charge >= 0.3 is 7.12 Å². The number of aryl methyl sites for hydroxylation is 1. The summed E-state index contributed by atoms with van der Waals surface area (Å²) in [5.74, 6) is 0.582. The lowest BCUT2D eigenvalue weighted by atomic mass is 9.80. The molecular formula is C20H23BFN3O2. The van der Waals surface area contributed by atoms with Crippen LogP contribution in [0.5, 0.6) is 0 Å². The van der Waals surface area contributed by atoms with Crippen LogP contribution in [-0.2, 0) is 15.9 Å². The molecule has 1 saturated heterocycles. The topological polar surface area (TPSA) is 49.2 Å². The molecule has 0 bridgehead atoms. The molecule has 27 heavy (non-hydrogen) atoms. The van der Waals surface area contributed by atoms with Gasteiger partial charge in [-0.2, -0.15) is 0 Å². The second kappa shape index (κ2) is 6.14. The van der Waals surface area contributed by atoms with Gasteiger partial charge in [-0.05, 0) is 58.4 Å². The number of nitrogens with zero attached hydrogens (tertiary/aromatic N) is 3. The van der Waals surface area contributed by atoms with Crippen molar-refractivity contribution in [3.63, 3.8) is 0 Å². The van der Waals surface area contributed by atoms with Gasteiger partial charge in [0.05, 0.1) is 16.7 Å². The Kier molecular flexibility index (Phi) is 4.12. The zero-order valence-corrected chi connectivity index (χ0v) is 16.3. The summed E-state index contributed by atoms with van der Waals surface area (Å²) in [5, 5.41) is 0. The predicted molar refractivity (Wildman–Crippen MR) is 103 cm³/mol. The molecule has 0 amide bonds. The van der Waals surface area contributed by atoms with Gasteiger partial charge in [-0.1, -0.05) is 12.1 Å². The average molecular weight is 367 g/mol. The van der Waals surface area contributed by atoms with Gasteiger partial charge < -0.3 is 13.9 Å². The summed E-state index contributed by atoms with van der Waals surface area (Å²) in [6.07, 6.45) is 1.75. The number of fused-ring (bicyclic) bond motifs is 1. The van der Waals surface area contributed by atoms with Crippen LogP contribution in [0.25, 0.3) is 11.2 Å². The van der Waals surface area contributed by atoms with Crippen LogP contribution < -0.4 is 5.46 Å². The Morgan fingerprint density at radius 1 is 1.11 bits per heavy atom. The Labute approximate surface area is 158 Å². The van der Waals surface area contributed by atoms with Crippen molar-refractivity contribution in [1.29, 1.82) is 0 Å². The van der Waals surface area contributed by atoms with Gasteiger partial charge in [0.15, 0.2) is 5.65 Å². The van der Waals surface area contributed by atoms with Crippen LogP contribution in [0.1, 0.15) is 39.1 Å². The summed E-state index contributed by atoms with van der Waals surface area (Å²) in [7, 11) is -0.482. The summed E-state index contributed by atoms with van der Waals surface area (Å²) >= 11 is 0. The highest BCUT2D eigenvalue weighted by molar-refractivity contribution is 6.62. The molecule has 1 aliphatic heterocycles. The van der Waals surface area contributed by atoms with Crippen molar-refractivity contribution < 1.29 is 13.7 Å². The van der Waals surface area contributed by atoms with Crippen molar-refractivity contribution >= 4 is 23.7 Å². The van der Waals surface area contributed by atoms with Crippen LogP contribution in [0.3, 0.4) is 0 Å². The molecule has 2 aromatic heterocycles. The quantitative estimate of drug-likeness (QED) is 0.667. The van der Waals surface area contributed by atoms with E-state index in [0.29, 0.717) is 12.2 Å². The highest BCUT2D eigenvalue weighted by atomic mass is 19.1. The van der Waals surface area contributed by atoms with E-state index >= 15 is 0 Å². The van der Waals surface area contributed by atoms with Gasteiger partial charge in [0.1, 0.15) is 11.6 Å². The number of hydrogen-bond donors (Lipinski definition) is 0. The van der Waals surface area contributed by atoms with Gasteiger partial charge in [0.25, 0.3) is 0 Å². The largest absolute Gasteiger partial charge is 0.496 e. The Hall–Kier alpha value is -2.25. The summed E-state index contributed by atoms with van der Waals surface area (Å²) in [5.41, 5.74) is 2.43. The molecule has 3 aromatic rings. The molecule has 1 fully saturated rings. The van der Waals surface area contributed by atoms with Crippen molar-refractivity contribution in [2.24, 2.45) is 0 Å². The second-order valence-electron chi connectivity index (χ2n) is 8.07. The maximum absolute atomic E-state index is 13.6. The van der Waals surface area contributed by atoms with Crippen molar-refractivity contribution in [3.05, 3.63) is 53.7 Å². The normalized spacial score (nSPS) is 18.4.